The predicted molar refractivity (Wildman–Crippen MR) is 83.0 cm³/mol. The van der Waals surface area contributed by atoms with Gasteiger partial charge in [0.2, 0.25) is 10.0 Å². The van der Waals surface area contributed by atoms with Crippen molar-refractivity contribution in [3.63, 3.8) is 0 Å². The zero-order valence-corrected chi connectivity index (χ0v) is 14.0. The lowest BCUT2D eigenvalue weighted by Crippen LogP contribution is -2.36. The van der Waals surface area contributed by atoms with E-state index < -0.39 is 10.0 Å². The van der Waals surface area contributed by atoms with Crippen molar-refractivity contribution in [3.8, 4) is 0 Å². The normalized spacial score (nSPS) is 15.8. The first kappa shape index (κ1) is 16.2. The number of anilines is 1. The summed E-state index contributed by atoms with van der Waals surface area (Å²) in [6, 6.07) is -0.251. The fourth-order valence-corrected chi connectivity index (χ4v) is 4.20. The zero-order chi connectivity index (χ0) is 15.6. The monoisotopic (exact) mass is 332 g/mol. The first-order chi connectivity index (χ1) is 9.81. The Bertz CT molecular complexity index is 624. The molecule has 21 heavy (non-hydrogen) atoms. The Labute approximate surface area is 128 Å². The number of sulfonamides is 1. The van der Waals surface area contributed by atoms with Gasteiger partial charge in [-0.05, 0) is 20.8 Å². The van der Waals surface area contributed by atoms with Crippen molar-refractivity contribution >= 4 is 32.5 Å². The Kier molecular flexibility index (Phi) is 4.84. The standard InChI is InChI=1S/C12H20N4O3S2/c1-4-21(18,19)16-6-5-9-10(7-16)20-12(14-9)15-11(17)13-8(2)3/h8H,4-7H2,1-3H3,(H2,13,14,15,17). The number of amides is 2. The summed E-state index contributed by atoms with van der Waals surface area (Å²) in [6.45, 7) is 6.18. The molecule has 2 amide bonds. The molecule has 1 aliphatic rings. The number of fused-ring (bicyclic) bond motifs is 1. The molecular weight excluding hydrogens is 312 g/mol. The molecule has 118 valence electrons. The molecule has 0 atom stereocenters. The number of hydrogen-bond acceptors (Lipinski definition) is 5. The predicted octanol–water partition coefficient (Wildman–Crippen LogP) is 1.38. The topological polar surface area (TPSA) is 91.4 Å². The molecule has 0 spiro atoms. The summed E-state index contributed by atoms with van der Waals surface area (Å²) in [5.74, 6) is 0.100. The van der Waals surface area contributed by atoms with Gasteiger partial charge in [-0.1, -0.05) is 11.3 Å². The average Bonchev–Trinajstić information content (AvgIpc) is 2.78. The number of aromatic nitrogens is 1. The molecular formula is C12H20N4O3S2. The van der Waals surface area contributed by atoms with Crippen LogP contribution in [0.3, 0.4) is 0 Å². The summed E-state index contributed by atoms with van der Waals surface area (Å²) in [7, 11) is -3.18. The van der Waals surface area contributed by atoms with Crippen LogP contribution in [0, 0.1) is 0 Å². The minimum atomic E-state index is -3.18. The molecule has 1 aliphatic heterocycles. The van der Waals surface area contributed by atoms with E-state index in [1.54, 1.807) is 6.92 Å². The Morgan fingerprint density at radius 3 is 2.81 bits per heavy atom. The lowest BCUT2D eigenvalue weighted by molar-refractivity contribution is 0.250. The molecule has 1 aromatic rings. The van der Waals surface area contributed by atoms with E-state index in [0.29, 0.717) is 24.6 Å². The molecule has 1 aromatic heterocycles. The van der Waals surface area contributed by atoms with Crippen LogP contribution in [-0.4, -0.2) is 42.1 Å². The molecule has 2 N–H and O–H groups in total. The van der Waals surface area contributed by atoms with E-state index in [0.717, 1.165) is 10.6 Å². The van der Waals surface area contributed by atoms with Gasteiger partial charge in [-0.2, -0.15) is 4.31 Å². The summed E-state index contributed by atoms with van der Waals surface area (Å²) >= 11 is 1.33. The van der Waals surface area contributed by atoms with Crippen molar-refractivity contribution in [2.75, 3.05) is 17.6 Å². The maximum Gasteiger partial charge on any atom is 0.321 e. The molecule has 0 aliphatic carbocycles. The lowest BCUT2D eigenvalue weighted by Gasteiger charge is -2.24. The number of hydrogen-bond donors (Lipinski definition) is 2. The van der Waals surface area contributed by atoms with Crippen molar-refractivity contribution in [1.82, 2.24) is 14.6 Å². The zero-order valence-electron chi connectivity index (χ0n) is 12.3. The molecule has 0 unspecified atom stereocenters. The molecule has 0 fully saturated rings. The second kappa shape index (κ2) is 6.29. The Balaban J connectivity index is 2.08. The van der Waals surface area contributed by atoms with Crippen LogP contribution in [0.1, 0.15) is 31.3 Å². The maximum absolute atomic E-state index is 11.9. The van der Waals surface area contributed by atoms with E-state index in [1.807, 2.05) is 13.8 Å². The Hall–Kier alpha value is -1.19. The highest BCUT2D eigenvalue weighted by molar-refractivity contribution is 7.89. The van der Waals surface area contributed by atoms with E-state index in [2.05, 4.69) is 15.6 Å². The van der Waals surface area contributed by atoms with Gasteiger partial charge in [-0.15, -0.1) is 0 Å². The second-order valence-corrected chi connectivity index (χ2v) is 8.47. The fourth-order valence-electron chi connectivity index (χ4n) is 2.04. The quantitative estimate of drug-likeness (QED) is 0.871. The third-order valence-electron chi connectivity index (χ3n) is 3.09. The van der Waals surface area contributed by atoms with Crippen LogP contribution in [0.5, 0.6) is 0 Å². The van der Waals surface area contributed by atoms with Crippen molar-refractivity contribution in [1.29, 1.82) is 0 Å². The summed E-state index contributed by atoms with van der Waals surface area (Å²) in [5.41, 5.74) is 0.877. The van der Waals surface area contributed by atoms with E-state index in [-0.39, 0.29) is 17.8 Å². The van der Waals surface area contributed by atoms with E-state index >= 15 is 0 Å². The summed E-state index contributed by atoms with van der Waals surface area (Å²) in [5, 5.41) is 5.92. The number of nitrogens with one attached hydrogen (secondary N) is 2. The Morgan fingerprint density at radius 1 is 1.48 bits per heavy atom. The minimum absolute atomic E-state index is 0.0461. The molecule has 0 aromatic carbocycles. The van der Waals surface area contributed by atoms with Crippen LogP contribution in [0.2, 0.25) is 0 Å². The van der Waals surface area contributed by atoms with Gasteiger partial charge in [0.05, 0.1) is 11.4 Å². The number of thiazole rings is 1. The highest BCUT2D eigenvalue weighted by Gasteiger charge is 2.28. The number of urea groups is 1. The largest absolute Gasteiger partial charge is 0.336 e. The molecule has 2 rings (SSSR count). The molecule has 0 saturated carbocycles. The highest BCUT2D eigenvalue weighted by atomic mass is 32.2. The van der Waals surface area contributed by atoms with Crippen LogP contribution in [-0.2, 0) is 23.0 Å². The molecule has 0 bridgehead atoms. The summed E-state index contributed by atoms with van der Waals surface area (Å²) < 4.78 is 25.3. The van der Waals surface area contributed by atoms with Crippen molar-refractivity contribution in [3.05, 3.63) is 10.6 Å². The molecule has 0 radical (unpaired) electrons. The van der Waals surface area contributed by atoms with Crippen molar-refractivity contribution in [2.24, 2.45) is 0 Å². The van der Waals surface area contributed by atoms with Gasteiger partial charge in [-0.3, -0.25) is 5.32 Å². The van der Waals surface area contributed by atoms with Gasteiger partial charge < -0.3 is 5.32 Å². The van der Waals surface area contributed by atoms with Gasteiger partial charge in [-0.25, -0.2) is 18.2 Å². The van der Waals surface area contributed by atoms with Crippen LogP contribution in [0.15, 0.2) is 0 Å². The first-order valence-corrected chi connectivity index (χ1v) is 9.28. The van der Waals surface area contributed by atoms with Gasteiger partial charge in [0.15, 0.2) is 5.13 Å². The SMILES string of the molecule is CCS(=O)(=O)N1CCc2nc(NC(=O)NC(C)C)sc2C1. The highest BCUT2D eigenvalue weighted by Crippen LogP contribution is 2.29. The van der Waals surface area contributed by atoms with E-state index in [1.165, 1.54) is 15.6 Å². The van der Waals surface area contributed by atoms with Gasteiger partial charge in [0, 0.05) is 30.4 Å². The van der Waals surface area contributed by atoms with Crippen LogP contribution in [0.4, 0.5) is 9.93 Å². The van der Waals surface area contributed by atoms with Crippen LogP contribution >= 0.6 is 11.3 Å². The molecule has 0 saturated heterocycles. The summed E-state index contributed by atoms with van der Waals surface area (Å²) in [6.07, 6.45) is 0.582. The fraction of sp³-hybridized carbons (Fsp3) is 0.667. The number of carbonyl (C=O) groups excluding carboxylic acids is 1. The van der Waals surface area contributed by atoms with Gasteiger partial charge in [0.1, 0.15) is 0 Å². The van der Waals surface area contributed by atoms with Crippen molar-refractivity contribution < 1.29 is 13.2 Å². The number of carbonyl (C=O) groups is 1. The smallest absolute Gasteiger partial charge is 0.321 e. The second-order valence-electron chi connectivity index (χ2n) is 5.13. The van der Waals surface area contributed by atoms with Crippen LogP contribution < -0.4 is 10.6 Å². The minimum Gasteiger partial charge on any atom is -0.336 e. The van der Waals surface area contributed by atoms with E-state index in [9.17, 15) is 13.2 Å². The number of rotatable bonds is 4. The lowest BCUT2D eigenvalue weighted by atomic mass is 10.2. The third kappa shape index (κ3) is 3.92. The van der Waals surface area contributed by atoms with Gasteiger partial charge in [0.25, 0.3) is 0 Å². The number of nitrogens with zero attached hydrogens (tertiary/aromatic N) is 2. The first-order valence-electron chi connectivity index (χ1n) is 6.85. The molecule has 2 heterocycles. The third-order valence-corrected chi connectivity index (χ3v) is 5.92. The maximum atomic E-state index is 11.9. The van der Waals surface area contributed by atoms with Crippen LogP contribution in [0.25, 0.3) is 0 Å². The Morgan fingerprint density at radius 2 is 2.19 bits per heavy atom. The van der Waals surface area contributed by atoms with Gasteiger partial charge >= 0.3 is 6.03 Å². The average molecular weight is 332 g/mol. The van der Waals surface area contributed by atoms with E-state index in [4.69, 9.17) is 0 Å². The van der Waals surface area contributed by atoms with Crippen molar-refractivity contribution in [2.45, 2.75) is 39.8 Å². The molecule has 7 nitrogen and oxygen atoms in total. The summed E-state index contributed by atoms with van der Waals surface area (Å²) in [4.78, 5) is 16.9. The molecule has 9 heteroatoms.